The zero-order valence-corrected chi connectivity index (χ0v) is 13.9. The Kier molecular flexibility index (Phi) is 5.98. The number of carbonyl (C=O) groups is 2. The molecular formula is C17H24N2O4. The van der Waals surface area contributed by atoms with Gasteiger partial charge in [0.1, 0.15) is 5.75 Å². The Bertz CT molecular complexity index is 544. The maximum absolute atomic E-state index is 12.5. The van der Waals surface area contributed by atoms with E-state index in [0.29, 0.717) is 26.0 Å². The van der Waals surface area contributed by atoms with Gasteiger partial charge in [0.25, 0.3) is 0 Å². The topological polar surface area (TPSA) is 67.9 Å². The van der Waals surface area contributed by atoms with Crippen molar-refractivity contribution in [2.75, 3.05) is 34.4 Å². The number of amides is 2. The van der Waals surface area contributed by atoms with Gasteiger partial charge in [-0.25, -0.2) is 0 Å². The van der Waals surface area contributed by atoms with Crippen molar-refractivity contribution in [2.24, 2.45) is 5.92 Å². The Balaban J connectivity index is 2.20. The van der Waals surface area contributed by atoms with Crippen molar-refractivity contribution >= 4 is 11.8 Å². The SMILES string of the molecule is COCCNC(=O)[C@H]1CCC(=O)N(C)[C@@H]1c1ccc(OC)cc1. The predicted octanol–water partition coefficient (Wildman–Crippen LogP) is 1.37. The fraction of sp³-hybridized carbons (Fsp3) is 0.529. The van der Waals surface area contributed by atoms with E-state index in [1.165, 1.54) is 0 Å². The molecule has 2 amide bonds. The molecule has 1 fully saturated rings. The first-order valence-corrected chi connectivity index (χ1v) is 7.74. The summed E-state index contributed by atoms with van der Waals surface area (Å²) < 4.78 is 10.1. The Labute approximate surface area is 136 Å². The third-order valence-corrected chi connectivity index (χ3v) is 4.26. The first-order chi connectivity index (χ1) is 11.1. The highest BCUT2D eigenvalue weighted by atomic mass is 16.5. The number of carbonyl (C=O) groups excluding carboxylic acids is 2. The van der Waals surface area contributed by atoms with Gasteiger partial charge >= 0.3 is 0 Å². The highest BCUT2D eigenvalue weighted by Gasteiger charge is 2.38. The lowest BCUT2D eigenvalue weighted by atomic mass is 9.84. The zero-order valence-electron chi connectivity index (χ0n) is 13.9. The van der Waals surface area contributed by atoms with Gasteiger partial charge < -0.3 is 19.7 Å². The van der Waals surface area contributed by atoms with E-state index >= 15 is 0 Å². The molecule has 0 radical (unpaired) electrons. The fourth-order valence-electron chi connectivity index (χ4n) is 2.98. The minimum absolute atomic E-state index is 0.0396. The lowest BCUT2D eigenvalue weighted by Gasteiger charge is -2.38. The number of piperidine rings is 1. The number of rotatable bonds is 6. The van der Waals surface area contributed by atoms with E-state index in [0.717, 1.165) is 11.3 Å². The molecule has 0 aliphatic carbocycles. The smallest absolute Gasteiger partial charge is 0.225 e. The van der Waals surface area contributed by atoms with Crippen molar-refractivity contribution < 1.29 is 19.1 Å². The molecule has 0 spiro atoms. The maximum atomic E-state index is 12.5. The lowest BCUT2D eigenvalue weighted by Crippen LogP contribution is -2.46. The van der Waals surface area contributed by atoms with Crippen molar-refractivity contribution in [2.45, 2.75) is 18.9 Å². The number of hydrogen-bond donors (Lipinski definition) is 1. The van der Waals surface area contributed by atoms with Crippen LogP contribution in [0.2, 0.25) is 0 Å². The minimum atomic E-state index is -0.261. The molecule has 6 nitrogen and oxygen atoms in total. The van der Waals surface area contributed by atoms with Crippen LogP contribution in [0.3, 0.4) is 0 Å². The third kappa shape index (κ3) is 4.01. The van der Waals surface area contributed by atoms with Crippen LogP contribution in [0.1, 0.15) is 24.4 Å². The van der Waals surface area contributed by atoms with E-state index in [4.69, 9.17) is 9.47 Å². The molecule has 0 saturated carbocycles. The summed E-state index contributed by atoms with van der Waals surface area (Å²) in [6, 6.07) is 7.26. The Hall–Kier alpha value is -2.08. The number of benzene rings is 1. The maximum Gasteiger partial charge on any atom is 0.225 e. The Morgan fingerprint density at radius 1 is 1.30 bits per heavy atom. The van der Waals surface area contributed by atoms with Gasteiger partial charge in [-0.1, -0.05) is 12.1 Å². The predicted molar refractivity (Wildman–Crippen MR) is 86.1 cm³/mol. The van der Waals surface area contributed by atoms with Crippen LogP contribution < -0.4 is 10.1 Å². The monoisotopic (exact) mass is 320 g/mol. The average Bonchev–Trinajstić information content (AvgIpc) is 2.57. The molecule has 6 heteroatoms. The second-order valence-corrected chi connectivity index (χ2v) is 5.65. The van der Waals surface area contributed by atoms with Crippen molar-refractivity contribution in [3.8, 4) is 5.75 Å². The van der Waals surface area contributed by atoms with Crippen molar-refractivity contribution in [1.82, 2.24) is 10.2 Å². The summed E-state index contributed by atoms with van der Waals surface area (Å²) in [6.45, 7) is 0.944. The van der Waals surface area contributed by atoms with Crippen LogP contribution in [0, 0.1) is 5.92 Å². The molecule has 1 aromatic rings. The largest absolute Gasteiger partial charge is 0.497 e. The van der Waals surface area contributed by atoms with E-state index in [1.807, 2.05) is 24.3 Å². The Morgan fingerprint density at radius 3 is 2.61 bits per heavy atom. The van der Waals surface area contributed by atoms with Gasteiger partial charge in [-0.3, -0.25) is 9.59 Å². The summed E-state index contributed by atoms with van der Waals surface area (Å²) in [6.07, 6.45) is 0.949. The van der Waals surface area contributed by atoms with Gasteiger partial charge in [0.15, 0.2) is 0 Å². The van der Waals surface area contributed by atoms with Crippen LogP contribution >= 0.6 is 0 Å². The third-order valence-electron chi connectivity index (χ3n) is 4.26. The summed E-state index contributed by atoms with van der Waals surface area (Å²) >= 11 is 0. The van der Waals surface area contributed by atoms with E-state index in [2.05, 4.69) is 5.32 Å². The van der Waals surface area contributed by atoms with Crippen LogP contribution in [0.5, 0.6) is 5.75 Å². The molecule has 1 aliphatic rings. The zero-order chi connectivity index (χ0) is 16.8. The quantitative estimate of drug-likeness (QED) is 0.804. The molecule has 1 saturated heterocycles. The second kappa shape index (κ2) is 7.97. The van der Waals surface area contributed by atoms with Crippen molar-refractivity contribution in [1.29, 1.82) is 0 Å². The molecule has 23 heavy (non-hydrogen) atoms. The molecule has 126 valence electrons. The van der Waals surface area contributed by atoms with Gasteiger partial charge in [0.2, 0.25) is 11.8 Å². The molecule has 1 aliphatic heterocycles. The number of methoxy groups -OCH3 is 2. The first kappa shape index (κ1) is 17.3. The summed E-state index contributed by atoms with van der Waals surface area (Å²) in [5.41, 5.74) is 0.938. The van der Waals surface area contributed by atoms with Crippen LogP contribution in [0.25, 0.3) is 0 Å². The van der Waals surface area contributed by atoms with Crippen LogP contribution in [0.15, 0.2) is 24.3 Å². The average molecular weight is 320 g/mol. The molecule has 0 unspecified atom stereocenters. The fourth-order valence-corrected chi connectivity index (χ4v) is 2.98. The number of hydrogen-bond acceptors (Lipinski definition) is 4. The summed E-state index contributed by atoms with van der Waals surface area (Å²) in [5, 5.41) is 2.88. The molecule has 0 aromatic heterocycles. The number of nitrogens with zero attached hydrogens (tertiary/aromatic N) is 1. The number of nitrogens with one attached hydrogen (secondary N) is 1. The first-order valence-electron chi connectivity index (χ1n) is 7.74. The summed E-state index contributed by atoms with van der Waals surface area (Å²) in [4.78, 5) is 26.3. The summed E-state index contributed by atoms with van der Waals surface area (Å²) in [7, 11) is 4.96. The highest BCUT2D eigenvalue weighted by Crippen LogP contribution is 2.36. The van der Waals surface area contributed by atoms with Gasteiger partial charge in [-0.2, -0.15) is 0 Å². The molecule has 0 bridgehead atoms. The van der Waals surface area contributed by atoms with Crippen molar-refractivity contribution in [3.05, 3.63) is 29.8 Å². The summed E-state index contributed by atoms with van der Waals surface area (Å²) in [5.74, 6) is 0.511. The molecule has 1 aromatic carbocycles. The van der Waals surface area contributed by atoms with Gasteiger partial charge in [-0.15, -0.1) is 0 Å². The van der Waals surface area contributed by atoms with Crippen LogP contribution in [-0.2, 0) is 14.3 Å². The Morgan fingerprint density at radius 2 is 2.00 bits per heavy atom. The van der Waals surface area contributed by atoms with Crippen molar-refractivity contribution in [3.63, 3.8) is 0 Å². The molecule has 1 heterocycles. The lowest BCUT2D eigenvalue weighted by molar-refractivity contribution is -0.141. The van der Waals surface area contributed by atoms with Gasteiger partial charge in [0, 0.05) is 27.1 Å². The van der Waals surface area contributed by atoms with E-state index < -0.39 is 0 Å². The number of ether oxygens (including phenoxy) is 2. The van der Waals surface area contributed by atoms with E-state index in [9.17, 15) is 9.59 Å². The van der Waals surface area contributed by atoms with Crippen LogP contribution in [0.4, 0.5) is 0 Å². The highest BCUT2D eigenvalue weighted by molar-refractivity contribution is 5.84. The van der Waals surface area contributed by atoms with Gasteiger partial charge in [0.05, 0.1) is 25.7 Å². The minimum Gasteiger partial charge on any atom is -0.497 e. The molecule has 1 N–H and O–H groups in total. The van der Waals surface area contributed by atoms with E-state index in [1.54, 1.807) is 26.2 Å². The number of likely N-dealkylation sites (tertiary alicyclic amines) is 1. The van der Waals surface area contributed by atoms with E-state index in [-0.39, 0.29) is 23.8 Å². The van der Waals surface area contributed by atoms with Gasteiger partial charge in [-0.05, 0) is 24.1 Å². The molecular weight excluding hydrogens is 296 g/mol. The van der Waals surface area contributed by atoms with Crippen LogP contribution in [-0.4, -0.2) is 51.1 Å². The normalized spacial score (nSPS) is 21.2. The standard InChI is InChI=1S/C17H24N2O4/c1-19-15(20)9-8-14(17(21)18-10-11-22-2)16(19)12-4-6-13(23-3)7-5-12/h4-7,14,16H,8-11H2,1-3H3,(H,18,21)/t14-,16+/m0/s1. The molecule has 2 rings (SSSR count). The second-order valence-electron chi connectivity index (χ2n) is 5.65. The molecule has 2 atom stereocenters.